The summed E-state index contributed by atoms with van der Waals surface area (Å²) in [6, 6.07) is 7.49. The molecule has 0 spiro atoms. The molecule has 1 aliphatic rings. The van der Waals surface area contributed by atoms with Crippen LogP contribution in [0.15, 0.2) is 18.2 Å². The van der Waals surface area contributed by atoms with Crippen molar-refractivity contribution in [3.05, 3.63) is 35.0 Å². The lowest BCUT2D eigenvalue weighted by molar-refractivity contribution is -0.132. The monoisotopic (exact) mass is 309 g/mol. The van der Waals surface area contributed by atoms with E-state index in [0.29, 0.717) is 11.3 Å². The topological polar surface area (TPSA) is 66.1 Å². The Bertz CT molecular complexity index is 808. The van der Waals surface area contributed by atoms with Crippen molar-refractivity contribution < 1.29 is 9.59 Å². The zero-order valence-corrected chi connectivity index (χ0v) is 13.2. The lowest BCUT2D eigenvalue weighted by Gasteiger charge is -2.27. The average Bonchev–Trinajstić information content (AvgIpc) is 2.94. The summed E-state index contributed by atoms with van der Waals surface area (Å²) in [6.07, 6.45) is 4.08. The van der Waals surface area contributed by atoms with Gasteiger partial charge in [0.2, 0.25) is 5.91 Å². The van der Waals surface area contributed by atoms with Crippen molar-refractivity contribution >= 4 is 23.1 Å². The number of carbonyl (C=O) groups is 2. The Hall–Kier alpha value is -2.61. The number of rotatable bonds is 3. The molecule has 1 aromatic carbocycles. The van der Waals surface area contributed by atoms with Gasteiger partial charge in [0.15, 0.2) is 0 Å². The normalized spacial score (nSPS) is 14.7. The van der Waals surface area contributed by atoms with Crippen LogP contribution in [0.4, 0.5) is 0 Å². The van der Waals surface area contributed by atoms with E-state index >= 15 is 0 Å². The van der Waals surface area contributed by atoms with Crippen molar-refractivity contribution in [2.75, 3.05) is 13.1 Å². The first kappa shape index (κ1) is 15.3. The van der Waals surface area contributed by atoms with E-state index in [-0.39, 0.29) is 12.5 Å². The number of fused-ring (bicyclic) bond motifs is 1. The highest BCUT2D eigenvalue weighted by atomic mass is 16.2. The second kappa shape index (κ2) is 6.25. The highest BCUT2D eigenvalue weighted by Gasteiger charge is 2.20. The Morgan fingerprint density at radius 3 is 2.70 bits per heavy atom. The summed E-state index contributed by atoms with van der Waals surface area (Å²) in [5.74, 6) is 0.0517. The number of nitriles is 1. The van der Waals surface area contributed by atoms with Gasteiger partial charge in [-0.05, 0) is 49.9 Å². The smallest absolute Gasteiger partial charge is 0.242 e. The molecule has 5 heteroatoms. The number of piperidine rings is 1. The summed E-state index contributed by atoms with van der Waals surface area (Å²) in [5, 5.41) is 10.3. The summed E-state index contributed by atoms with van der Waals surface area (Å²) in [5.41, 5.74) is 2.74. The second-order valence-electron chi connectivity index (χ2n) is 6.00. The van der Waals surface area contributed by atoms with Crippen LogP contribution in [-0.2, 0) is 11.3 Å². The van der Waals surface area contributed by atoms with Gasteiger partial charge in [0.1, 0.15) is 24.6 Å². The molecule has 2 aromatic rings. The number of benzene rings is 1. The van der Waals surface area contributed by atoms with Crippen molar-refractivity contribution in [2.24, 2.45) is 0 Å². The Kier molecular flexibility index (Phi) is 4.16. The number of aryl methyl sites for hydroxylation is 1. The molecule has 1 amide bonds. The van der Waals surface area contributed by atoms with Crippen LogP contribution in [0.5, 0.6) is 0 Å². The van der Waals surface area contributed by atoms with Crippen molar-refractivity contribution in [3.63, 3.8) is 0 Å². The number of nitrogens with zero attached hydrogens (tertiary/aromatic N) is 3. The van der Waals surface area contributed by atoms with Gasteiger partial charge in [-0.2, -0.15) is 5.26 Å². The van der Waals surface area contributed by atoms with Crippen molar-refractivity contribution in [3.8, 4) is 6.07 Å². The van der Waals surface area contributed by atoms with Gasteiger partial charge < -0.3 is 9.47 Å². The molecule has 5 nitrogen and oxygen atoms in total. The summed E-state index contributed by atoms with van der Waals surface area (Å²) >= 11 is 0. The number of hydrogen-bond donors (Lipinski definition) is 0. The van der Waals surface area contributed by atoms with Gasteiger partial charge in [0.05, 0.1) is 0 Å². The van der Waals surface area contributed by atoms with E-state index in [2.05, 4.69) is 6.07 Å². The molecule has 0 aliphatic carbocycles. The van der Waals surface area contributed by atoms with Gasteiger partial charge >= 0.3 is 0 Å². The number of aromatic nitrogens is 1. The SMILES string of the molecule is Cc1c(C=O)ccc2c1cc(C#N)n2CC(=O)N1CCCCC1. The maximum Gasteiger partial charge on any atom is 0.242 e. The summed E-state index contributed by atoms with van der Waals surface area (Å²) < 4.78 is 1.76. The lowest BCUT2D eigenvalue weighted by Crippen LogP contribution is -2.37. The van der Waals surface area contributed by atoms with Gasteiger partial charge in [0, 0.05) is 29.6 Å². The highest BCUT2D eigenvalue weighted by Crippen LogP contribution is 2.25. The van der Waals surface area contributed by atoms with Crippen LogP contribution in [0.25, 0.3) is 10.9 Å². The first-order chi connectivity index (χ1) is 11.2. The Labute approximate surface area is 135 Å². The zero-order chi connectivity index (χ0) is 16.4. The van der Waals surface area contributed by atoms with E-state index in [1.165, 1.54) is 6.42 Å². The van der Waals surface area contributed by atoms with E-state index in [4.69, 9.17) is 0 Å². The van der Waals surface area contributed by atoms with E-state index in [9.17, 15) is 14.9 Å². The van der Waals surface area contributed by atoms with Crippen molar-refractivity contribution in [1.82, 2.24) is 9.47 Å². The standard InChI is InChI=1S/C18H19N3O2/c1-13-14(12-22)5-6-17-16(13)9-15(10-19)21(17)11-18(23)20-7-3-2-4-8-20/h5-6,9,12H,2-4,7-8,11H2,1H3. The Morgan fingerprint density at radius 2 is 2.04 bits per heavy atom. The molecule has 118 valence electrons. The van der Waals surface area contributed by atoms with Crippen molar-refractivity contribution in [1.29, 1.82) is 5.26 Å². The van der Waals surface area contributed by atoms with Gasteiger partial charge in [-0.3, -0.25) is 9.59 Å². The van der Waals surface area contributed by atoms with E-state index in [1.54, 1.807) is 16.7 Å². The number of amides is 1. The third kappa shape index (κ3) is 2.72. The molecule has 1 aliphatic heterocycles. The molecule has 1 saturated heterocycles. The average molecular weight is 309 g/mol. The van der Waals surface area contributed by atoms with E-state index in [0.717, 1.165) is 48.7 Å². The molecular weight excluding hydrogens is 290 g/mol. The number of hydrogen-bond acceptors (Lipinski definition) is 3. The molecule has 1 aromatic heterocycles. The molecule has 2 heterocycles. The van der Waals surface area contributed by atoms with Crippen LogP contribution < -0.4 is 0 Å². The maximum absolute atomic E-state index is 12.5. The maximum atomic E-state index is 12.5. The van der Waals surface area contributed by atoms with Crippen LogP contribution in [0.2, 0.25) is 0 Å². The molecule has 0 atom stereocenters. The van der Waals surface area contributed by atoms with Crippen molar-refractivity contribution in [2.45, 2.75) is 32.7 Å². The molecule has 1 fully saturated rings. The minimum atomic E-state index is 0.0517. The minimum Gasteiger partial charge on any atom is -0.341 e. The number of likely N-dealkylation sites (tertiary alicyclic amines) is 1. The van der Waals surface area contributed by atoms with Gasteiger partial charge in [-0.1, -0.05) is 0 Å². The highest BCUT2D eigenvalue weighted by molar-refractivity contribution is 5.93. The van der Waals surface area contributed by atoms with Gasteiger partial charge in [-0.15, -0.1) is 0 Å². The van der Waals surface area contributed by atoms with Gasteiger partial charge in [0.25, 0.3) is 0 Å². The molecule has 3 rings (SSSR count). The molecule has 23 heavy (non-hydrogen) atoms. The fourth-order valence-electron chi connectivity index (χ4n) is 3.26. The van der Waals surface area contributed by atoms with Crippen LogP contribution in [0.3, 0.4) is 0 Å². The predicted octanol–water partition coefficient (Wildman–Crippen LogP) is 2.65. The summed E-state index contributed by atoms with van der Waals surface area (Å²) in [7, 11) is 0. The first-order valence-corrected chi connectivity index (χ1v) is 7.91. The Balaban J connectivity index is 1.99. The third-order valence-electron chi connectivity index (χ3n) is 4.64. The number of carbonyl (C=O) groups excluding carboxylic acids is 2. The first-order valence-electron chi connectivity index (χ1n) is 7.91. The zero-order valence-electron chi connectivity index (χ0n) is 13.2. The molecule has 0 radical (unpaired) electrons. The largest absolute Gasteiger partial charge is 0.341 e. The van der Waals surface area contributed by atoms with E-state index < -0.39 is 0 Å². The van der Waals surface area contributed by atoms with E-state index in [1.807, 2.05) is 17.9 Å². The molecule has 0 bridgehead atoms. The fourth-order valence-corrected chi connectivity index (χ4v) is 3.26. The molecule has 0 unspecified atom stereocenters. The summed E-state index contributed by atoms with van der Waals surface area (Å²) in [6.45, 7) is 3.64. The molecular formula is C18H19N3O2. The third-order valence-corrected chi connectivity index (χ3v) is 4.64. The van der Waals surface area contributed by atoms with Crippen LogP contribution >= 0.6 is 0 Å². The summed E-state index contributed by atoms with van der Waals surface area (Å²) in [4.78, 5) is 25.5. The lowest BCUT2D eigenvalue weighted by atomic mass is 10.1. The fraction of sp³-hybridized carbons (Fsp3) is 0.389. The van der Waals surface area contributed by atoms with Crippen LogP contribution in [-0.4, -0.2) is 34.7 Å². The Morgan fingerprint density at radius 1 is 1.30 bits per heavy atom. The van der Waals surface area contributed by atoms with Crippen LogP contribution in [0, 0.1) is 18.3 Å². The van der Waals surface area contributed by atoms with Gasteiger partial charge in [-0.25, -0.2) is 0 Å². The number of aldehydes is 1. The molecule has 0 N–H and O–H groups in total. The van der Waals surface area contributed by atoms with Crippen LogP contribution in [0.1, 0.15) is 40.9 Å². The molecule has 0 saturated carbocycles. The minimum absolute atomic E-state index is 0.0517. The second-order valence-corrected chi connectivity index (χ2v) is 6.00. The predicted molar refractivity (Wildman–Crippen MR) is 87.2 cm³/mol. The quantitative estimate of drug-likeness (QED) is 0.819.